The van der Waals surface area contributed by atoms with Crippen LogP contribution in [0.2, 0.25) is 0 Å². The van der Waals surface area contributed by atoms with E-state index in [1.807, 2.05) is 18.7 Å². The van der Waals surface area contributed by atoms with Gasteiger partial charge >= 0.3 is 6.03 Å². The van der Waals surface area contributed by atoms with Gasteiger partial charge < -0.3 is 10.2 Å². The Labute approximate surface area is 149 Å². The Bertz CT molecular complexity index is 641. The molecule has 1 saturated carbocycles. The highest BCUT2D eigenvalue weighted by Gasteiger charge is 2.25. The number of rotatable bonds is 4. The van der Waals surface area contributed by atoms with E-state index in [-0.39, 0.29) is 17.5 Å². The van der Waals surface area contributed by atoms with Crippen molar-refractivity contribution in [2.75, 3.05) is 13.1 Å². The zero-order chi connectivity index (χ0) is 17.8. The highest BCUT2D eigenvalue weighted by molar-refractivity contribution is 5.74. The van der Waals surface area contributed by atoms with Crippen LogP contribution in [0.5, 0.6) is 0 Å². The van der Waals surface area contributed by atoms with Crippen LogP contribution in [0, 0.1) is 5.92 Å². The number of hydrogen-bond donors (Lipinski definition) is 1. The number of nitrogens with one attached hydrogen (secondary N) is 1. The van der Waals surface area contributed by atoms with Gasteiger partial charge in [0, 0.05) is 31.7 Å². The lowest BCUT2D eigenvalue weighted by Crippen LogP contribution is -2.47. The van der Waals surface area contributed by atoms with E-state index in [4.69, 9.17) is 0 Å². The molecule has 6 heteroatoms. The molecule has 25 heavy (non-hydrogen) atoms. The molecule has 0 bridgehead atoms. The van der Waals surface area contributed by atoms with Crippen LogP contribution < -0.4 is 10.9 Å². The van der Waals surface area contributed by atoms with Crippen LogP contribution in [0.15, 0.2) is 17.2 Å². The van der Waals surface area contributed by atoms with Crippen LogP contribution in [-0.4, -0.2) is 39.6 Å². The first-order valence-electron chi connectivity index (χ1n) is 9.64. The van der Waals surface area contributed by atoms with Gasteiger partial charge in [0.1, 0.15) is 0 Å². The van der Waals surface area contributed by atoms with Gasteiger partial charge in [0.05, 0.1) is 12.0 Å². The molecule has 2 amide bonds. The molecule has 1 aromatic heterocycles. The summed E-state index contributed by atoms with van der Waals surface area (Å²) in [5.74, 6) is 0.698. The average molecular weight is 346 g/mol. The Morgan fingerprint density at radius 1 is 1.24 bits per heavy atom. The standard InChI is InChI=1S/C19H30N4O2/c1-14(2)17-11-18(24)23(13-20-17)12-15-7-9-22(10-8-15)19(25)21-16-5-3-4-6-16/h11,13-16H,3-10,12H2,1-2H3,(H,21,25). The van der Waals surface area contributed by atoms with Crippen molar-refractivity contribution in [3.8, 4) is 0 Å². The van der Waals surface area contributed by atoms with Gasteiger partial charge in [-0.3, -0.25) is 9.36 Å². The van der Waals surface area contributed by atoms with Gasteiger partial charge in [-0.05, 0) is 37.5 Å². The molecule has 2 heterocycles. The molecular formula is C19H30N4O2. The smallest absolute Gasteiger partial charge is 0.317 e. The molecule has 2 fully saturated rings. The zero-order valence-electron chi connectivity index (χ0n) is 15.4. The Morgan fingerprint density at radius 3 is 2.52 bits per heavy atom. The van der Waals surface area contributed by atoms with Crippen LogP contribution in [0.3, 0.4) is 0 Å². The number of carbonyl (C=O) groups excluding carboxylic acids is 1. The molecule has 1 aromatic rings. The van der Waals surface area contributed by atoms with Crippen molar-refractivity contribution in [3.63, 3.8) is 0 Å². The van der Waals surface area contributed by atoms with Crippen LogP contribution in [0.25, 0.3) is 0 Å². The molecular weight excluding hydrogens is 316 g/mol. The lowest BCUT2D eigenvalue weighted by molar-refractivity contribution is 0.162. The summed E-state index contributed by atoms with van der Waals surface area (Å²) in [6, 6.07) is 2.11. The predicted octanol–water partition coefficient (Wildman–Crippen LogP) is 2.73. The molecule has 1 aliphatic carbocycles. The Hall–Kier alpha value is -1.85. The maximum Gasteiger partial charge on any atom is 0.317 e. The van der Waals surface area contributed by atoms with Crippen LogP contribution >= 0.6 is 0 Å². The van der Waals surface area contributed by atoms with E-state index >= 15 is 0 Å². The van der Waals surface area contributed by atoms with Gasteiger partial charge in [-0.25, -0.2) is 9.78 Å². The van der Waals surface area contributed by atoms with E-state index in [0.717, 1.165) is 44.5 Å². The summed E-state index contributed by atoms with van der Waals surface area (Å²) in [6.07, 6.45) is 8.25. The maximum atomic E-state index is 12.3. The summed E-state index contributed by atoms with van der Waals surface area (Å²) < 4.78 is 1.71. The van der Waals surface area contributed by atoms with E-state index in [0.29, 0.717) is 18.5 Å². The number of piperidine rings is 1. The summed E-state index contributed by atoms with van der Waals surface area (Å²) in [5.41, 5.74) is 0.875. The Morgan fingerprint density at radius 2 is 1.92 bits per heavy atom. The van der Waals surface area contributed by atoms with Crippen molar-refractivity contribution in [1.82, 2.24) is 19.8 Å². The minimum atomic E-state index is 0.0279. The second-order valence-electron chi connectivity index (χ2n) is 7.82. The average Bonchev–Trinajstić information content (AvgIpc) is 3.10. The normalized spacial score (nSPS) is 19.6. The highest BCUT2D eigenvalue weighted by atomic mass is 16.2. The van der Waals surface area contributed by atoms with Crippen LogP contribution in [0.4, 0.5) is 4.79 Å². The van der Waals surface area contributed by atoms with Gasteiger partial charge in [-0.2, -0.15) is 0 Å². The molecule has 0 atom stereocenters. The van der Waals surface area contributed by atoms with Crippen LogP contribution in [-0.2, 0) is 6.54 Å². The van der Waals surface area contributed by atoms with E-state index in [9.17, 15) is 9.59 Å². The minimum Gasteiger partial charge on any atom is -0.335 e. The van der Waals surface area contributed by atoms with Crippen molar-refractivity contribution in [3.05, 3.63) is 28.4 Å². The zero-order valence-corrected chi connectivity index (χ0v) is 15.4. The Balaban J connectivity index is 1.49. The molecule has 0 unspecified atom stereocenters. The van der Waals surface area contributed by atoms with Crippen molar-refractivity contribution in [2.45, 2.75) is 70.9 Å². The number of likely N-dealkylation sites (tertiary alicyclic amines) is 1. The molecule has 1 saturated heterocycles. The van der Waals surface area contributed by atoms with E-state index < -0.39 is 0 Å². The second-order valence-corrected chi connectivity index (χ2v) is 7.82. The lowest BCUT2D eigenvalue weighted by Gasteiger charge is -2.33. The van der Waals surface area contributed by atoms with E-state index in [1.165, 1.54) is 12.8 Å². The van der Waals surface area contributed by atoms with E-state index in [1.54, 1.807) is 17.0 Å². The quantitative estimate of drug-likeness (QED) is 0.911. The summed E-state index contributed by atoms with van der Waals surface area (Å²) in [5, 5.41) is 3.16. The fourth-order valence-corrected chi connectivity index (χ4v) is 3.83. The monoisotopic (exact) mass is 346 g/mol. The first-order valence-corrected chi connectivity index (χ1v) is 9.64. The first-order chi connectivity index (χ1) is 12.0. The predicted molar refractivity (Wildman–Crippen MR) is 97.7 cm³/mol. The number of carbonyl (C=O) groups is 1. The van der Waals surface area contributed by atoms with Crippen LogP contribution in [0.1, 0.15) is 64.0 Å². The minimum absolute atomic E-state index is 0.0279. The third kappa shape index (κ3) is 4.61. The van der Waals surface area contributed by atoms with Gasteiger partial charge in [0.25, 0.3) is 5.56 Å². The third-order valence-electron chi connectivity index (χ3n) is 5.53. The molecule has 0 spiro atoms. The molecule has 6 nitrogen and oxygen atoms in total. The molecule has 1 N–H and O–H groups in total. The number of amides is 2. The third-order valence-corrected chi connectivity index (χ3v) is 5.53. The number of hydrogen-bond acceptors (Lipinski definition) is 3. The summed E-state index contributed by atoms with van der Waals surface area (Å²) in [4.78, 5) is 30.9. The van der Waals surface area contributed by atoms with Gasteiger partial charge in [-0.1, -0.05) is 26.7 Å². The largest absolute Gasteiger partial charge is 0.335 e. The second kappa shape index (κ2) is 8.02. The lowest BCUT2D eigenvalue weighted by atomic mass is 9.97. The number of nitrogens with zero attached hydrogens (tertiary/aromatic N) is 3. The molecule has 3 rings (SSSR count). The SMILES string of the molecule is CC(C)c1cc(=O)n(CC2CCN(C(=O)NC3CCCC3)CC2)cn1. The fourth-order valence-electron chi connectivity index (χ4n) is 3.83. The molecule has 2 aliphatic rings. The highest BCUT2D eigenvalue weighted by Crippen LogP contribution is 2.21. The van der Waals surface area contributed by atoms with Gasteiger partial charge in [0.15, 0.2) is 0 Å². The van der Waals surface area contributed by atoms with E-state index in [2.05, 4.69) is 10.3 Å². The topological polar surface area (TPSA) is 67.2 Å². The fraction of sp³-hybridized carbons (Fsp3) is 0.737. The summed E-state index contributed by atoms with van der Waals surface area (Å²) in [6.45, 7) is 6.32. The number of urea groups is 1. The van der Waals surface area contributed by atoms with Crippen molar-refractivity contribution < 1.29 is 4.79 Å². The Kier molecular flexibility index (Phi) is 5.76. The molecule has 1 aliphatic heterocycles. The van der Waals surface area contributed by atoms with Crippen molar-refractivity contribution in [2.24, 2.45) is 5.92 Å². The summed E-state index contributed by atoms with van der Waals surface area (Å²) >= 11 is 0. The van der Waals surface area contributed by atoms with Crippen molar-refractivity contribution >= 4 is 6.03 Å². The van der Waals surface area contributed by atoms with Crippen molar-refractivity contribution in [1.29, 1.82) is 0 Å². The maximum absolute atomic E-state index is 12.3. The van der Waals surface area contributed by atoms with Gasteiger partial charge in [0.2, 0.25) is 0 Å². The van der Waals surface area contributed by atoms with Gasteiger partial charge in [-0.15, -0.1) is 0 Å². The molecule has 0 radical (unpaired) electrons. The molecule has 0 aromatic carbocycles. The number of aromatic nitrogens is 2. The molecule has 138 valence electrons. The summed E-state index contributed by atoms with van der Waals surface area (Å²) in [7, 11) is 0. The first kappa shape index (κ1) is 18.0.